The maximum Gasteiger partial charge on any atom is 0.123 e. The highest BCUT2D eigenvalue weighted by Crippen LogP contribution is 2.19. The standard InChI is InChI=1S/C14H20FNO/c1-10-5-6-12(15)8-11(10)9-13(16)14-4-2-3-7-17-14/h5-6,8,13-14H,2-4,7,9,16H2,1H3. The number of benzene rings is 1. The first-order valence-electron chi connectivity index (χ1n) is 6.29. The quantitative estimate of drug-likeness (QED) is 0.877. The first kappa shape index (κ1) is 12.5. The first-order chi connectivity index (χ1) is 8.16. The molecule has 0 spiro atoms. The molecular weight excluding hydrogens is 217 g/mol. The van der Waals surface area contributed by atoms with Crippen LogP contribution in [-0.2, 0) is 11.2 Å². The van der Waals surface area contributed by atoms with Gasteiger partial charge in [0.1, 0.15) is 5.82 Å². The third kappa shape index (κ3) is 3.27. The van der Waals surface area contributed by atoms with Gasteiger partial charge >= 0.3 is 0 Å². The Labute approximate surface area is 102 Å². The fourth-order valence-electron chi connectivity index (χ4n) is 2.35. The molecule has 1 aliphatic rings. The Morgan fingerprint density at radius 3 is 3.00 bits per heavy atom. The Kier molecular flexibility index (Phi) is 4.13. The number of rotatable bonds is 3. The van der Waals surface area contributed by atoms with E-state index >= 15 is 0 Å². The van der Waals surface area contributed by atoms with Crippen LogP contribution in [0.2, 0.25) is 0 Å². The van der Waals surface area contributed by atoms with E-state index in [0.29, 0.717) is 6.42 Å². The number of ether oxygens (including phenoxy) is 1. The fraction of sp³-hybridized carbons (Fsp3) is 0.571. The van der Waals surface area contributed by atoms with Gasteiger partial charge in [-0.15, -0.1) is 0 Å². The van der Waals surface area contributed by atoms with Crippen molar-refractivity contribution < 1.29 is 9.13 Å². The largest absolute Gasteiger partial charge is 0.377 e. The van der Waals surface area contributed by atoms with Crippen molar-refractivity contribution >= 4 is 0 Å². The topological polar surface area (TPSA) is 35.2 Å². The lowest BCUT2D eigenvalue weighted by Crippen LogP contribution is -2.40. The van der Waals surface area contributed by atoms with Gasteiger partial charge in [0.25, 0.3) is 0 Å². The zero-order chi connectivity index (χ0) is 12.3. The van der Waals surface area contributed by atoms with E-state index in [4.69, 9.17) is 10.5 Å². The van der Waals surface area contributed by atoms with Gasteiger partial charge in [-0.2, -0.15) is 0 Å². The lowest BCUT2D eigenvalue weighted by molar-refractivity contribution is 0.000603. The maximum absolute atomic E-state index is 13.2. The molecule has 0 saturated carbocycles. The van der Waals surface area contributed by atoms with Crippen molar-refractivity contribution in [3.05, 3.63) is 35.1 Å². The molecule has 2 N–H and O–H groups in total. The predicted octanol–water partition coefficient (Wildman–Crippen LogP) is 2.57. The molecule has 1 aromatic carbocycles. The van der Waals surface area contributed by atoms with Crippen molar-refractivity contribution in [2.45, 2.75) is 44.8 Å². The minimum absolute atomic E-state index is 0.0317. The van der Waals surface area contributed by atoms with E-state index in [0.717, 1.165) is 30.6 Å². The van der Waals surface area contributed by atoms with Crippen molar-refractivity contribution in [3.63, 3.8) is 0 Å². The van der Waals surface area contributed by atoms with Crippen LogP contribution in [0.5, 0.6) is 0 Å². The molecular formula is C14H20FNO. The molecule has 17 heavy (non-hydrogen) atoms. The van der Waals surface area contributed by atoms with E-state index in [9.17, 15) is 4.39 Å². The van der Waals surface area contributed by atoms with Gasteiger partial charge in [0.05, 0.1) is 6.10 Å². The van der Waals surface area contributed by atoms with Crippen LogP contribution in [-0.4, -0.2) is 18.8 Å². The van der Waals surface area contributed by atoms with Crippen LogP contribution in [0.15, 0.2) is 18.2 Å². The van der Waals surface area contributed by atoms with Crippen LogP contribution in [0, 0.1) is 12.7 Å². The van der Waals surface area contributed by atoms with Crippen molar-refractivity contribution in [1.82, 2.24) is 0 Å². The second-order valence-electron chi connectivity index (χ2n) is 4.84. The van der Waals surface area contributed by atoms with Crippen molar-refractivity contribution in [3.8, 4) is 0 Å². The second-order valence-corrected chi connectivity index (χ2v) is 4.84. The normalized spacial score (nSPS) is 22.4. The average Bonchev–Trinajstić information content (AvgIpc) is 2.35. The van der Waals surface area contributed by atoms with E-state index < -0.39 is 0 Å². The van der Waals surface area contributed by atoms with E-state index in [1.165, 1.54) is 12.5 Å². The molecule has 1 heterocycles. The first-order valence-corrected chi connectivity index (χ1v) is 6.29. The molecule has 0 aromatic heterocycles. The van der Waals surface area contributed by atoms with Crippen molar-refractivity contribution in [1.29, 1.82) is 0 Å². The number of halogens is 1. The SMILES string of the molecule is Cc1ccc(F)cc1CC(N)C1CCCCO1. The molecule has 0 amide bonds. The fourth-order valence-corrected chi connectivity index (χ4v) is 2.35. The van der Waals surface area contributed by atoms with Gasteiger partial charge in [-0.1, -0.05) is 6.07 Å². The van der Waals surface area contributed by atoms with Gasteiger partial charge in [0.2, 0.25) is 0 Å². The third-order valence-corrected chi connectivity index (χ3v) is 3.46. The lowest BCUT2D eigenvalue weighted by Gasteiger charge is -2.28. The molecule has 1 aliphatic heterocycles. The summed E-state index contributed by atoms with van der Waals surface area (Å²) in [5, 5.41) is 0. The van der Waals surface area contributed by atoms with E-state index in [1.807, 2.05) is 6.92 Å². The van der Waals surface area contributed by atoms with E-state index in [2.05, 4.69) is 0 Å². The summed E-state index contributed by atoms with van der Waals surface area (Å²) in [5.41, 5.74) is 8.24. The van der Waals surface area contributed by atoms with Gasteiger partial charge in [0.15, 0.2) is 0 Å². The summed E-state index contributed by atoms with van der Waals surface area (Å²) >= 11 is 0. The van der Waals surface area contributed by atoms with E-state index in [-0.39, 0.29) is 18.0 Å². The van der Waals surface area contributed by atoms with Gasteiger partial charge in [-0.3, -0.25) is 0 Å². The van der Waals surface area contributed by atoms with Crippen LogP contribution < -0.4 is 5.73 Å². The summed E-state index contributed by atoms with van der Waals surface area (Å²) in [6, 6.07) is 4.84. The highest BCUT2D eigenvalue weighted by Gasteiger charge is 2.22. The summed E-state index contributed by atoms with van der Waals surface area (Å²) < 4.78 is 18.8. The molecule has 0 aliphatic carbocycles. The number of nitrogens with two attached hydrogens (primary N) is 1. The van der Waals surface area contributed by atoms with E-state index in [1.54, 1.807) is 12.1 Å². The monoisotopic (exact) mass is 237 g/mol. The molecule has 2 nitrogen and oxygen atoms in total. The summed E-state index contributed by atoms with van der Waals surface area (Å²) in [6.07, 6.45) is 4.15. The van der Waals surface area contributed by atoms with Crippen LogP contribution in [0.25, 0.3) is 0 Å². The average molecular weight is 237 g/mol. The highest BCUT2D eigenvalue weighted by atomic mass is 19.1. The molecule has 2 atom stereocenters. The molecule has 3 heteroatoms. The maximum atomic E-state index is 13.2. The Hall–Kier alpha value is -0.930. The zero-order valence-electron chi connectivity index (χ0n) is 10.3. The minimum atomic E-state index is -0.192. The lowest BCUT2D eigenvalue weighted by atomic mass is 9.94. The molecule has 2 rings (SSSR count). The molecule has 94 valence electrons. The van der Waals surface area contributed by atoms with Gasteiger partial charge in [0, 0.05) is 12.6 Å². The van der Waals surface area contributed by atoms with Crippen molar-refractivity contribution in [2.24, 2.45) is 5.73 Å². The van der Waals surface area contributed by atoms with Gasteiger partial charge in [-0.05, 0) is 55.9 Å². The van der Waals surface area contributed by atoms with Gasteiger partial charge < -0.3 is 10.5 Å². The number of hydrogen-bond donors (Lipinski definition) is 1. The summed E-state index contributed by atoms with van der Waals surface area (Å²) in [5.74, 6) is -0.192. The molecule has 1 saturated heterocycles. The van der Waals surface area contributed by atoms with Crippen LogP contribution >= 0.6 is 0 Å². The molecule has 0 radical (unpaired) electrons. The van der Waals surface area contributed by atoms with Crippen LogP contribution in [0.4, 0.5) is 4.39 Å². The summed E-state index contributed by atoms with van der Waals surface area (Å²) in [7, 11) is 0. The van der Waals surface area contributed by atoms with Crippen LogP contribution in [0.3, 0.4) is 0 Å². The van der Waals surface area contributed by atoms with Crippen molar-refractivity contribution in [2.75, 3.05) is 6.61 Å². The smallest absolute Gasteiger partial charge is 0.123 e. The Bertz CT molecular complexity index is 374. The highest BCUT2D eigenvalue weighted by molar-refractivity contribution is 5.27. The Morgan fingerprint density at radius 1 is 1.47 bits per heavy atom. The third-order valence-electron chi connectivity index (χ3n) is 3.46. The molecule has 0 bridgehead atoms. The minimum Gasteiger partial charge on any atom is -0.377 e. The Balaban J connectivity index is 2.01. The Morgan fingerprint density at radius 2 is 2.29 bits per heavy atom. The molecule has 1 fully saturated rings. The second kappa shape index (κ2) is 5.61. The molecule has 1 aromatic rings. The van der Waals surface area contributed by atoms with Crippen LogP contribution in [0.1, 0.15) is 30.4 Å². The number of hydrogen-bond acceptors (Lipinski definition) is 2. The zero-order valence-corrected chi connectivity index (χ0v) is 10.3. The summed E-state index contributed by atoms with van der Waals surface area (Å²) in [4.78, 5) is 0. The summed E-state index contributed by atoms with van der Waals surface area (Å²) in [6.45, 7) is 2.80. The number of aryl methyl sites for hydroxylation is 1. The predicted molar refractivity (Wildman–Crippen MR) is 66.4 cm³/mol. The molecule has 2 unspecified atom stereocenters. The van der Waals surface area contributed by atoms with Gasteiger partial charge in [-0.25, -0.2) is 4.39 Å².